The maximum atomic E-state index is 12.0. The van der Waals surface area contributed by atoms with Crippen LogP contribution in [0.4, 0.5) is 8.78 Å². The van der Waals surface area contributed by atoms with Crippen LogP contribution in [0.15, 0.2) is 18.2 Å². The minimum atomic E-state index is -2.86. The predicted octanol–water partition coefficient (Wildman–Crippen LogP) is 3.17. The molecule has 17 heavy (non-hydrogen) atoms. The largest absolute Gasteiger partial charge is 0.435 e. The molecule has 1 rings (SSSR count). The van der Waals surface area contributed by atoms with E-state index in [0.717, 1.165) is 6.42 Å². The Hall–Kier alpha value is -1.65. The Morgan fingerprint density at radius 2 is 2.12 bits per heavy atom. The highest BCUT2D eigenvalue weighted by Crippen LogP contribution is 2.26. The zero-order valence-electron chi connectivity index (χ0n) is 9.70. The Bertz CT molecular complexity index is 391. The van der Waals surface area contributed by atoms with Gasteiger partial charge < -0.3 is 9.47 Å². The van der Waals surface area contributed by atoms with Crippen LogP contribution < -0.4 is 9.47 Å². The third kappa shape index (κ3) is 4.38. The van der Waals surface area contributed by atoms with Crippen molar-refractivity contribution in [3.63, 3.8) is 0 Å². The smallest absolute Gasteiger partial charge is 0.387 e. The molecule has 0 spiro atoms. The summed E-state index contributed by atoms with van der Waals surface area (Å²) in [6.07, 6.45) is 1.44. The molecule has 1 aromatic carbocycles. The van der Waals surface area contributed by atoms with Gasteiger partial charge in [-0.25, -0.2) is 0 Å². The van der Waals surface area contributed by atoms with Crippen LogP contribution in [0.1, 0.15) is 25.8 Å². The Kier molecular flexibility index (Phi) is 4.87. The maximum absolute atomic E-state index is 12.0. The van der Waals surface area contributed by atoms with E-state index in [-0.39, 0.29) is 5.75 Å². The molecule has 0 aromatic heterocycles. The molecule has 94 valence electrons. The second kappa shape index (κ2) is 6.18. The van der Waals surface area contributed by atoms with Crippen molar-refractivity contribution in [3.05, 3.63) is 23.8 Å². The fourth-order valence-corrected chi connectivity index (χ4v) is 1.45. The van der Waals surface area contributed by atoms with E-state index in [2.05, 4.69) is 4.74 Å². The van der Waals surface area contributed by atoms with Crippen molar-refractivity contribution in [2.24, 2.45) is 0 Å². The van der Waals surface area contributed by atoms with Gasteiger partial charge in [0.2, 0.25) is 0 Å². The molecule has 3 nitrogen and oxygen atoms in total. The minimum absolute atomic E-state index is 0.0688. The van der Waals surface area contributed by atoms with Crippen LogP contribution in [0.5, 0.6) is 11.5 Å². The molecular weight excluding hydrogens is 230 g/mol. The molecule has 0 aliphatic carbocycles. The molecule has 0 aliphatic rings. The number of aryl methyl sites for hydroxylation is 1. The number of carbonyl (C=O) groups is 1. The number of hydrogen-bond acceptors (Lipinski definition) is 3. The molecule has 0 bridgehead atoms. The van der Waals surface area contributed by atoms with Gasteiger partial charge in [0.25, 0.3) is 0 Å². The Balaban J connectivity index is 2.94. The molecule has 0 aliphatic heterocycles. The lowest BCUT2D eigenvalue weighted by atomic mass is 10.1. The Labute approximate surface area is 98.3 Å². The first-order chi connectivity index (χ1) is 8.02. The van der Waals surface area contributed by atoms with Gasteiger partial charge in [0, 0.05) is 6.92 Å². The lowest BCUT2D eigenvalue weighted by molar-refractivity contribution is -0.131. The number of halogens is 2. The molecule has 0 radical (unpaired) electrons. The third-order valence-electron chi connectivity index (χ3n) is 2.03. The standard InChI is InChI=1S/C12H14F2O3/c1-3-4-9-7-10(17-12(13)14)5-6-11(9)16-8(2)15/h5-7,12H,3-4H2,1-2H3. The van der Waals surface area contributed by atoms with E-state index in [1.807, 2.05) is 6.92 Å². The van der Waals surface area contributed by atoms with Crippen LogP contribution in [0.3, 0.4) is 0 Å². The molecule has 0 saturated heterocycles. The lowest BCUT2D eigenvalue weighted by Crippen LogP contribution is -2.06. The quantitative estimate of drug-likeness (QED) is 0.589. The summed E-state index contributed by atoms with van der Waals surface area (Å²) < 4.78 is 33.3. The highest BCUT2D eigenvalue weighted by atomic mass is 19.3. The van der Waals surface area contributed by atoms with E-state index in [1.165, 1.54) is 25.1 Å². The van der Waals surface area contributed by atoms with Crippen molar-refractivity contribution in [2.45, 2.75) is 33.3 Å². The van der Waals surface area contributed by atoms with Gasteiger partial charge in [-0.05, 0) is 30.2 Å². The van der Waals surface area contributed by atoms with Gasteiger partial charge in [-0.3, -0.25) is 4.79 Å². The van der Waals surface area contributed by atoms with E-state index in [9.17, 15) is 13.6 Å². The Morgan fingerprint density at radius 1 is 1.41 bits per heavy atom. The van der Waals surface area contributed by atoms with Gasteiger partial charge >= 0.3 is 12.6 Å². The van der Waals surface area contributed by atoms with Crippen molar-refractivity contribution in [2.75, 3.05) is 0 Å². The summed E-state index contributed by atoms with van der Waals surface area (Å²) in [5.74, 6) is 0.0187. The fourth-order valence-electron chi connectivity index (χ4n) is 1.45. The van der Waals surface area contributed by atoms with Crippen LogP contribution in [0.2, 0.25) is 0 Å². The molecule has 5 heteroatoms. The number of benzene rings is 1. The summed E-state index contributed by atoms with van der Waals surface area (Å²) in [5, 5.41) is 0. The van der Waals surface area contributed by atoms with Crippen LogP contribution >= 0.6 is 0 Å². The fraction of sp³-hybridized carbons (Fsp3) is 0.417. The zero-order valence-corrected chi connectivity index (χ0v) is 9.70. The number of rotatable bonds is 5. The van der Waals surface area contributed by atoms with Crippen LogP contribution in [-0.4, -0.2) is 12.6 Å². The lowest BCUT2D eigenvalue weighted by Gasteiger charge is -2.11. The summed E-state index contributed by atoms with van der Waals surface area (Å²) in [4.78, 5) is 10.9. The molecule has 0 amide bonds. The van der Waals surface area contributed by atoms with Crippen molar-refractivity contribution in [3.8, 4) is 11.5 Å². The molecule has 0 N–H and O–H groups in total. The van der Waals surface area contributed by atoms with E-state index >= 15 is 0 Å². The first kappa shape index (κ1) is 13.4. The van der Waals surface area contributed by atoms with E-state index in [4.69, 9.17) is 4.74 Å². The molecule has 1 aromatic rings. The van der Waals surface area contributed by atoms with Crippen molar-refractivity contribution < 1.29 is 23.0 Å². The molecule has 0 atom stereocenters. The molecule has 0 unspecified atom stereocenters. The summed E-state index contributed by atoms with van der Waals surface area (Å²) in [6, 6.07) is 4.28. The topological polar surface area (TPSA) is 35.5 Å². The maximum Gasteiger partial charge on any atom is 0.387 e. The summed E-state index contributed by atoms with van der Waals surface area (Å²) in [7, 11) is 0. The molecule has 0 saturated carbocycles. The third-order valence-corrected chi connectivity index (χ3v) is 2.03. The minimum Gasteiger partial charge on any atom is -0.435 e. The second-order valence-corrected chi connectivity index (χ2v) is 3.49. The van der Waals surface area contributed by atoms with E-state index in [0.29, 0.717) is 17.7 Å². The van der Waals surface area contributed by atoms with Gasteiger partial charge in [0.15, 0.2) is 0 Å². The zero-order chi connectivity index (χ0) is 12.8. The van der Waals surface area contributed by atoms with Crippen LogP contribution in [-0.2, 0) is 11.2 Å². The number of ether oxygens (including phenoxy) is 2. The van der Waals surface area contributed by atoms with E-state index < -0.39 is 12.6 Å². The van der Waals surface area contributed by atoms with Crippen molar-refractivity contribution >= 4 is 5.97 Å². The average Bonchev–Trinajstić information content (AvgIpc) is 2.21. The highest BCUT2D eigenvalue weighted by molar-refractivity contribution is 5.70. The van der Waals surface area contributed by atoms with Crippen LogP contribution in [0, 0.1) is 0 Å². The van der Waals surface area contributed by atoms with Crippen molar-refractivity contribution in [1.82, 2.24) is 0 Å². The molecule has 0 heterocycles. The summed E-state index contributed by atoms with van der Waals surface area (Å²) in [6.45, 7) is 0.376. The number of esters is 1. The first-order valence-electron chi connectivity index (χ1n) is 5.29. The van der Waals surface area contributed by atoms with E-state index in [1.54, 1.807) is 0 Å². The number of alkyl halides is 2. The summed E-state index contributed by atoms with van der Waals surface area (Å²) >= 11 is 0. The molecular formula is C12H14F2O3. The van der Waals surface area contributed by atoms with Gasteiger partial charge in [-0.15, -0.1) is 0 Å². The van der Waals surface area contributed by atoms with Crippen LogP contribution in [0.25, 0.3) is 0 Å². The SMILES string of the molecule is CCCc1cc(OC(F)F)ccc1OC(C)=O. The summed E-state index contributed by atoms with van der Waals surface area (Å²) in [5.41, 5.74) is 0.681. The number of hydrogen-bond donors (Lipinski definition) is 0. The normalized spacial score (nSPS) is 10.4. The predicted molar refractivity (Wildman–Crippen MR) is 58.4 cm³/mol. The average molecular weight is 244 g/mol. The Morgan fingerprint density at radius 3 is 2.65 bits per heavy atom. The van der Waals surface area contributed by atoms with Crippen molar-refractivity contribution in [1.29, 1.82) is 0 Å². The molecule has 0 fully saturated rings. The van der Waals surface area contributed by atoms with Gasteiger partial charge in [0.1, 0.15) is 11.5 Å². The van der Waals surface area contributed by atoms with Gasteiger partial charge in [0.05, 0.1) is 0 Å². The highest BCUT2D eigenvalue weighted by Gasteiger charge is 2.10. The van der Waals surface area contributed by atoms with Gasteiger partial charge in [-0.1, -0.05) is 13.3 Å². The number of carbonyl (C=O) groups excluding carboxylic acids is 1. The van der Waals surface area contributed by atoms with Gasteiger partial charge in [-0.2, -0.15) is 8.78 Å². The second-order valence-electron chi connectivity index (χ2n) is 3.49. The first-order valence-corrected chi connectivity index (χ1v) is 5.29. The monoisotopic (exact) mass is 244 g/mol.